The third kappa shape index (κ3) is 3.05. The van der Waals surface area contributed by atoms with Crippen molar-refractivity contribution in [3.8, 4) is 11.3 Å². The van der Waals surface area contributed by atoms with E-state index in [9.17, 15) is 0 Å². The number of hydrogen-bond acceptors (Lipinski definition) is 1. The van der Waals surface area contributed by atoms with E-state index in [1.54, 1.807) is 0 Å². The molecule has 0 amide bonds. The Bertz CT molecular complexity index is 928. The van der Waals surface area contributed by atoms with Crippen LogP contribution in [0.2, 0.25) is 0 Å². The van der Waals surface area contributed by atoms with Gasteiger partial charge in [0.15, 0.2) is 0 Å². The van der Waals surface area contributed by atoms with Crippen molar-refractivity contribution in [2.45, 2.75) is 59.3 Å². The van der Waals surface area contributed by atoms with Gasteiger partial charge in [0.25, 0.3) is 0 Å². The molecule has 1 atom stereocenters. The Hall–Kier alpha value is -2.15. The van der Waals surface area contributed by atoms with E-state index in [0.29, 0.717) is 5.92 Å². The van der Waals surface area contributed by atoms with E-state index in [0.717, 1.165) is 11.6 Å². The van der Waals surface area contributed by atoms with E-state index in [4.69, 9.17) is 4.98 Å². The lowest BCUT2D eigenvalue weighted by Gasteiger charge is -2.22. The summed E-state index contributed by atoms with van der Waals surface area (Å²) in [6, 6.07) is 13.6. The molecule has 0 N–H and O–H groups in total. The van der Waals surface area contributed by atoms with E-state index in [1.807, 2.05) is 6.20 Å². The summed E-state index contributed by atoms with van der Waals surface area (Å²) in [6.45, 7) is 9.05. The fourth-order valence-corrected chi connectivity index (χ4v) is 4.97. The van der Waals surface area contributed by atoms with Crippen molar-refractivity contribution in [1.29, 1.82) is 0 Å². The molecular weight excluding hydrogens is 314 g/mol. The summed E-state index contributed by atoms with van der Waals surface area (Å²) < 4.78 is 0. The maximum atomic E-state index is 4.75. The van der Waals surface area contributed by atoms with Crippen molar-refractivity contribution in [3.05, 3.63) is 64.8 Å². The Balaban J connectivity index is 1.84. The predicted octanol–water partition coefficient (Wildman–Crippen LogP) is 7.12. The van der Waals surface area contributed by atoms with Gasteiger partial charge in [0, 0.05) is 17.1 Å². The lowest BCUT2D eigenvalue weighted by molar-refractivity contribution is 0.460. The molecule has 0 bridgehead atoms. The Labute approximate surface area is 157 Å². The molecule has 0 saturated heterocycles. The molecule has 0 spiro atoms. The molecule has 1 heteroatoms. The number of fused-ring (bicyclic) bond motifs is 1. The van der Waals surface area contributed by atoms with Gasteiger partial charge in [0.1, 0.15) is 0 Å². The highest BCUT2D eigenvalue weighted by molar-refractivity contribution is 5.97. The molecule has 0 radical (unpaired) electrons. The van der Waals surface area contributed by atoms with Crippen LogP contribution < -0.4 is 0 Å². The second-order valence-corrected chi connectivity index (χ2v) is 8.24. The standard InChI is InChI=1S/C25H29N/c1-16-13-17(2)15-21(14-16)25-24-10-9-22(18(3)20-7-5-6-8-20)19(4)23(24)11-12-26-25/h9-15,18,20H,5-8H2,1-4H3. The molecular formula is C25H29N. The Morgan fingerprint density at radius 1 is 0.885 bits per heavy atom. The van der Waals surface area contributed by atoms with Crippen LogP contribution in [0.4, 0.5) is 0 Å². The van der Waals surface area contributed by atoms with Gasteiger partial charge in [-0.3, -0.25) is 4.98 Å². The van der Waals surface area contributed by atoms with Gasteiger partial charge in [0.05, 0.1) is 5.69 Å². The fraction of sp³-hybridized carbons (Fsp3) is 0.400. The van der Waals surface area contributed by atoms with Gasteiger partial charge < -0.3 is 0 Å². The molecule has 3 aromatic rings. The molecule has 1 saturated carbocycles. The van der Waals surface area contributed by atoms with Gasteiger partial charge in [-0.05, 0) is 80.2 Å². The highest BCUT2D eigenvalue weighted by Crippen LogP contribution is 2.40. The third-order valence-electron chi connectivity index (χ3n) is 6.35. The second kappa shape index (κ2) is 6.87. The molecule has 0 aliphatic heterocycles. The highest BCUT2D eigenvalue weighted by atomic mass is 14.7. The average molecular weight is 344 g/mol. The molecule has 4 rings (SSSR count). The quantitative estimate of drug-likeness (QED) is 0.493. The van der Waals surface area contributed by atoms with Crippen LogP contribution in [-0.4, -0.2) is 4.98 Å². The first kappa shape index (κ1) is 17.3. The van der Waals surface area contributed by atoms with Crippen LogP contribution in [0.15, 0.2) is 42.6 Å². The molecule has 134 valence electrons. The largest absolute Gasteiger partial charge is 0.256 e. The number of hydrogen-bond donors (Lipinski definition) is 0. The van der Waals surface area contributed by atoms with Crippen molar-refractivity contribution < 1.29 is 0 Å². The minimum absolute atomic E-state index is 0.653. The first-order valence-electron chi connectivity index (χ1n) is 10.0. The third-order valence-corrected chi connectivity index (χ3v) is 6.35. The van der Waals surface area contributed by atoms with E-state index >= 15 is 0 Å². The number of rotatable bonds is 3. The summed E-state index contributed by atoms with van der Waals surface area (Å²) in [6.07, 6.45) is 7.57. The van der Waals surface area contributed by atoms with Crippen LogP contribution in [0.5, 0.6) is 0 Å². The predicted molar refractivity (Wildman–Crippen MR) is 112 cm³/mol. The maximum absolute atomic E-state index is 4.75. The van der Waals surface area contributed by atoms with Gasteiger partial charge >= 0.3 is 0 Å². The normalized spacial score (nSPS) is 16.3. The zero-order chi connectivity index (χ0) is 18.3. The lowest BCUT2D eigenvalue weighted by atomic mass is 9.82. The summed E-state index contributed by atoms with van der Waals surface area (Å²) in [4.78, 5) is 4.75. The minimum atomic E-state index is 0.653. The van der Waals surface area contributed by atoms with Crippen molar-refractivity contribution in [3.63, 3.8) is 0 Å². The Morgan fingerprint density at radius 2 is 1.58 bits per heavy atom. The number of benzene rings is 2. The number of nitrogens with zero attached hydrogens (tertiary/aromatic N) is 1. The Kier molecular flexibility index (Phi) is 4.56. The Morgan fingerprint density at radius 3 is 2.27 bits per heavy atom. The van der Waals surface area contributed by atoms with Crippen LogP contribution in [0.1, 0.15) is 60.8 Å². The molecule has 1 fully saturated rings. The maximum Gasteiger partial charge on any atom is 0.0780 e. The molecule has 2 aromatic carbocycles. The van der Waals surface area contributed by atoms with Gasteiger partial charge in [-0.2, -0.15) is 0 Å². The van der Waals surface area contributed by atoms with Crippen LogP contribution in [0, 0.1) is 26.7 Å². The second-order valence-electron chi connectivity index (χ2n) is 8.24. The zero-order valence-electron chi connectivity index (χ0n) is 16.5. The highest BCUT2D eigenvalue weighted by Gasteiger charge is 2.24. The average Bonchev–Trinajstić information content (AvgIpc) is 3.15. The molecule has 26 heavy (non-hydrogen) atoms. The van der Waals surface area contributed by atoms with Crippen molar-refractivity contribution in [1.82, 2.24) is 4.98 Å². The minimum Gasteiger partial charge on any atom is -0.256 e. The smallest absolute Gasteiger partial charge is 0.0780 e. The first-order chi connectivity index (χ1) is 12.5. The monoisotopic (exact) mass is 343 g/mol. The molecule has 1 heterocycles. The van der Waals surface area contributed by atoms with Crippen LogP contribution in [0.3, 0.4) is 0 Å². The number of aromatic nitrogens is 1. The summed E-state index contributed by atoms with van der Waals surface area (Å²) in [5.74, 6) is 1.51. The SMILES string of the molecule is Cc1cc(C)cc(-c2nccc3c(C)c(C(C)C4CCCC4)ccc23)c1. The van der Waals surface area contributed by atoms with Crippen LogP contribution in [-0.2, 0) is 0 Å². The first-order valence-corrected chi connectivity index (χ1v) is 10.0. The van der Waals surface area contributed by atoms with Crippen LogP contribution >= 0.6 is 0 Å². The van der Waals surface area contributed by atoms with Crippen molar-refractivity contribution in [2.24, 2.45) is 5.92 Å². The van der Waals surface area contributed by atoms with Gasteiger partial charge in [-0.15, -0.1) is 0 Å². The van der Waals surface area contributed by atoms with Gasteiger partial charge in [-0.25, -0.2) is 0 Å². The molecule has 1 unspecified atom stereocenters. The molecule has 1 nitrogen and oxygen atoms in total. The van der Waals surface area contributed by atoms with Gasteiger partial charge in [0.2, 0.25) is 0 Å². The number of aryl methyl sites for hydroxylation is 3. The van der Waals surface area contributed by atoms with Gasteiger partial charge in [-0.1, -0.05) is 49.1 Å². The summed E-state index contributed by atoms with van der Waals surface area (Å²) in [5.41, 5.74) is 7.89. The molecule has 1 aliphatic carbocycles. The van der Waals surface area contributed by atoms with E-state index in [-0.39, 0.29) is 0 Å². The van der Waals surface area contributed by atoms with Crippen molar-refractivity contribution in [2.75, 3.05) is 0 Å². The summed E-state index contributed by atoms with van der Waals surface area (Å²) in [5, 5.41) is 2.63. The summed E-state index contributed by atoms with van der Waals surface area (Å²) >= 11 is 0. The number of pyridine rings is 1. The summed E-state index contributed by atoms with van der Waals surface area (Å²) in [7, 11) is 0. The topological polar surface area (TPSA) is 12.9 Å². The van der Waals surface area contributed by atoms with E-state index in [1.165, 1.54) is 64.3 Å². The lowest BCUT2D eigenvalue weighted by Crippen LogP contribution is -2.07. The van der Waals surface area contributed by atoms with E-state index < -0.39 is 0 Å². The zero-order valence-corrected chi connectivity index (χ0v) is 16.5. The molecule has 1 aliphatic rings. The van der Waals surface area contributed by atoms with E-state index in [2.05, 4.69) is 64.1 Å². The molecule has 1 aromatic heterocycles. The van der Waals surface area contributed by atoms with Crippen LogP contribution in [0.25, 0.3) is 22.0 Å². The fourth-order valence-electron chi connectivity index (χ4n) is 4.97. The van der Waals surface area contributed by atoms with Crippen molar-refractivity contribution >= 4 is 10.8 Å².